The lowest BCUT2D eigenvalue weighted by molar-refractivity contribution is 0.0963. The summed E-state index contributed by atoms with van der Waals surface area (Å²) in [6.07, 6.45) is 0. The molecule has 0 aliphatic carbocycles. The van der Waals surface area contributed by atoms with E-state index in [0.29, 0.717) is 5.56 Å². The number of amides is 1. The number of nitrogens with one attached hydrogen (secondary N) is 2. The van der Waals surface area contributed by atoms with E-state index in [1.54, 1.807) is 18.4 Å². The Labute approximate surface area is 123 Å². The Morgan fingerprint density at radius 2 is 2.05 bits per heavy atom. The first-order valence-electron chi connectivity index (χ1n) is 6.56. The second-order valence-electron chi connectivity index (χ2n) is 4.67. The van der Waals surface area contributed by atoms with Crippen LogP contribution < -0.4 is 10.6 Å². The molecule has 1 aromatic carbocycles. The maximum atomic E-state index is 11.4. The molecule has 2 aromatic rings. The third kappa shape index (κ3) is 3.65. The third-order valence-corrected chi connectivity index (χ3v) is 3.93. The lowest BCUT2D eigenvalue weighted by Crippen LogP contribution is -2.19. The van der Waals surface area contributed by atoms with E-state index in [9.17, 15) is 4.79 Å². The fraction of sp³-hybridized carbons (Fsp3) is 0.333. The smallest absolute Gasteiger partial charge is 0.251 e. The van der Waals surface area contributed by atoms with Gasteiger partial charge in [-0.05, 0) is 31.5 Å². The van der Waals surface area contributed by atoms with E-state index in [1.165, 1.54) is 0 Å². The number of hydrogen-bond donors (Lipinski definition) is 2. The molecule has 0 fully saturated rings. The van der Waals surface area contributed by atoms with Crippen LogP contribution in [0.4, 0.5) is 0 Å². The van der Waals surface area contributed by atoms with Gasteiger partial charge in [0, 0.05) is 30.6 Å². The maximum Gasteiger partial charge on any atom is 0.251 e. The highest BCUT2D eigenvalue weighted by atomic mass is 32.1. The maximum absolute atomic E-state index is 11.4. The molecular formula is C15H19N3OS. The first kappa shape index (κ1) is 14.7. The number of aromatic nitrogens is 1. The fourth-order valence-electron chi connectivity index (χ4n) is 1.87. The van der Waals surface area contributed by atoms with Gasteiger partial charge in [-0.1, -0.05) is 12.1 Å². The average molecular weight is 289 g/mol. The highest BCUT2D eigenvalue weighted by Crippen LogP contribution is 2.16. The zero-order valence-electron chi connectivity index (χ0n) is 11.9. The van der Waals surface area contributed by atoms with Gasteiger partial charge in [0.25, 0.3) is 5.91 Å². The van der Waals surface area contributed by atoms with Crippen molar-refractivity contribution in [2.75, 3.05) is 7.05 Å². The summed E-state index contributed by atoms with van der Waals surface area (Å²) in [5.41, 5.74) is 2.91. The number of benzene rings is 1. The van der Waals surface area contributed by atoms with Crippen molar-refractivity contribution in [2.45, 2.75) is 26.4 Å². The Morgan fingerprint density at radius 1 is 1.35 bits per heavy atom. The molecule has 2 rings (SSSR count). The molecule has 1 unspecified atom stereocenters. The second kappa shape index (κ2) is 6.63. The minimum absolute atomic E-state index is 0.0594. The minimum Gasteiger partial charge on any atom is -0.355 e. The number of carbonyl (C=O) groups is 1. The molecule has 1 atom stereocenters. The molecule has 0 saturated heterocycles. The van der Waals surface area contributed by atoms with Crippen molar-refractivity contribution in [1.29, 1.82) is 0 Å². The van der Waals surface area contributed by atoms with Crippen LogP contribution in [0.3, 0.4) is 0 Å². The molecule has 1 amide bonds. The van der Waals surface area contributed by atoms with Crippen LogP contribution in [0, 0.1) is 6.92 Å². The third-order valence-electron chi connectivity index (χ3n) is 3.14. The van der Waals surface area contributed by atoms with E-state index >= 15 is 0 Å². The Morgan fingerprint density at radius 3 is 2.60 bits per heavy atom. The van der Waals surface area contributed by atoms with Gasteiger partial charge in [0.15, 0.2) is 0 Å². The summed E-state index contributed by atoms with van der Waals surface area (Å²) in [6, 6.07) is 7.84. The summed E-state index contributed by atoms with van der Waals surface area (Å²) in [7, 11) is 1.63. The summed E-state index contributed by atoms with van der Waals surface area (Å²) in [5, 5.41) is 9.22. The molecule has 0 radical (unpaired) electrons. The molecule has 0 aliphatic rings. The van der Waals surface area contributed by atoms with E-state index in [2.05, 4.69) is 27.9 Å². The van der Waals surface area contributed by atoms with Crippen LogP contribution in [0.5, 0.6) is 0 Å². The Bertz CT molecular complexity index is 577. The van der Waals surface area contributed by atoms with Crippen LogP contribution in [0.2, 0.25) is 0 Å². The van der Waals surface area contributed by atoms with Crippen molar-refractivity contribution in [1.82, 2.24) is 15.6 Å². The van der Waals surface area contributed by atoms with Gasteiger partial charge >= 0.3 is 0 Å². The second-order valence-corrected chi connectivity index (χ2v) is 5.73. The predicted octanol–water partition coefficient (Wildman–Crippen LogP) is 2.66. The molecule has 1 aromatic heterocycles. The summed E-state index contributed by atoms with van der Waals surface area (Å²) in [4.78, 5) is 15.9. The van der Waals surface area contributed by atoms with Crippen LogP contribution >= 0.6 is 11.3 Å². The lowest BCUT2D eigenvalue weighted by atomic mass is 10.1. The molecule has 0 saturated carbocycles. The molecule has 1 heterocycles. The predicted molar refractivity (Wildman–Crippen MR) is 81.9 cm³/mol. The number of aryl methyl sites for hydroxylation is 1. The van der Waals surface area contributed by atoms with Crippen LogP contribution in [0.15, 0.2) is 29.6 Å². The molecular weight excluding hydrogens is 270 g/mol. The summed E-state index contributed by atoms with van der Waals surface area (Å²) in [6.45, 7) is 4.87. The van der Waals surface area contributed by atoms with E-state index in [0.717, 1.165) is 22.8 Å². The number of thiazole rings is 1. The van der Waals surface area contributed by atoms with E-state index < -0.39 is 0 Å². The first-order valence-corrected chi connectivity index (χ1v) is 7.44. The van der Waals surface area contributed by atoms with Gasteiger partial charge in [0.2, 0.25) is 0 Å². The largest absolute Gasteiger partial charge is 0.355 e. The van der Waals surface area contributed by atoms with Crippen molar-refractivity contribution in [2.24, 2.45) is 0 Å². The summed E-state index contributed by atoms with van der Waals surface area (Å²) in [5.74, 6) is -0.0594. The van der Waals surface area contributed by atoms with Crippen molar-refractivity contribution in [3.8, 4) is 0 Å². The van der Waals surface area contributed by atoms with Crippen molar-refractivity contribution < 1.29 is 4.79 Å². The Hall–Kier alpha value is -1.72. The SMILES string of the molecule is CNC(=O)c1ccc(CNC(C)c2csc(C)n2)cc1. The minimum atomic E-state index is -0.0594. The van der Waals surface area contributed by atoms with Gasteiger partial charge in [-0.25, -0.2) is 4.98 Å². The van der Waals surface area contributed by atoms with Gasteiger partial charge < -0.3 is 10.6 Å². The molecule has 106 valence electrons. The molecule has 4 nitrogen and oxygen atoms in total. The zero-order chi connectivity index (χ0) is 14.5. The van der Waals surface area contributed by atoms with E-state index in [4.69, 9.17) is 0 Å². The van der Waals surface area contributed by atoms with Crippen LogP contribution in [-0.4, -0.2) is 17.9 Å². The van der Waals surface area contributed by atoms with E-state index in [1.807, 2.05) is 31.2 Å². The van der Waals surface area contributed by atoms with Crippen LogP contribution in [0.1, 0.15) is 39.6 Å². The average Bonchev–Trinajstić information content (AvgIpc) is 2.91. The molecule has 2 N–H and O–H groups in total. The number of carbonyl (C=O) groups excluding carboxylic acids is 1. The quantitative estimate of drug-likeness (QED) is 0.889. The molecule has 20 heavy (non-hydrogen) atoms. The topological polar surface area (TPSA) is 54.0 Å². The first-order chi connectivity index (χ1) is 9.60. The summed E-state index contributed by atoms with van der Waals surface area (Å²) < 4.78 is 0. The molecule has 0 bridgehead atoms. The van der Waals surface area contributed by atoms with Crippen LogP contribution in [-0.2, 0) is 6.54 Å². The normalized spacial score (nSPS) is 12.2. The van der Waals surface area contributed by atoms with Gasteiger partial charge in [-0.3, -0.25) is 4.79 Å². The molecule has 5 heteroatoms. The standard InChI is InChI=1S/C15H19N3OS/c1-10(14-9-20-11(2)18-14)17-8-12-4-6-13(7-5-12)15(19)16-3/h4-7,9-10,17H,8H2,1-3H3,(H,16,19). The van der Waals surface area contributed by atoms with Crippen molar-refractivity contribution >= 4 is 17.2 Å². The Balaban J connectivity index is 1.92. The molecule has 0 spiro atoms. The highest BCUT2D eigenvalue weighted by Gasteiger charge is 2.08. The zero-order valence-corrected chi connectivity index (χ0v) is 12.8. The Kier molecular flexibility index (Phi) is 4.87. The number of hydrogen-bond acceptors (Lipinski definition) is 4. The summed E-state index contributed by atoms with van der Waals surface area (Å²) >= 11 is 1.67. The fourth-order valence-corrected chi connectivity index (χ4v) is 2.58. The lowest BCUT2D eigenvalue weighted by Gasteiger charge is -2.11. The van der Waals surface area contributed by atoms with E-state index in [-0.39, 0.29) is 11.9 Å². The van der Waals surface area contributed by atoms with Crippen LogP contribution in [0.25, 0.3) is 0 Å². The van der Waals surface area contributed by atoms with Crippen molar-refractivity contribution in [3.05, 3.63) is 51.5 Å². The molecule has 0 aliphatic heterocycles. The monoisotopic (exact) mass is 289 g/mol. The van der Waals surface area contributed by atoms with Gasteiger partial charge in [-0.15, -0.1) is 11.3 Å². The van der Waals surface area contributed by atoms with Crippen molar-refractivity contribution in [3.63, 3.8) is 0 Å². The van der Waals surface area contributed by atoms with Gasteiger partial charge in [0.1, 0.15) is 0 Å². The highest BCUT2D eigenvalue weighted by molar-refractivity contribution is 7.09. The number of nitrogens with zero attached hydrogens (tertiary/aromatic N) is 1. The van der Waals surface area contributed by atoms with Gasteiger partial charge in [0.05, 0.1) is 10.7 Å². The van der Waals surface area contributed by atoms with Gasteiger partial charge in [-0.2, -0.15) is 0 Å². The number of rotatable bonds is 5.